The van der Waals surface area contributed by atoms with E-state index in [0.29, 0.717) is 12.5 Å². The van der Waals surface area contributed by atoms with Gasteiger partial charge in [0, 0.05) is 25.0 Å². The molecule has 0 bridgehead atoms. The van der Waals surface area contributed by atoms with E-state index in [1.54, 1.807) is 0 Å². The van der Waals surface area contributed by atoms with Crippen LogP contribution in [0.5, 0.6) is 0 Å². The van der Waals surface area contributed by atoms with Crippen LogP contribution >= 0.6 is 0 Å². The number of rotatable bonds is 4. The highest BCUT2D eigenvalue weighted by Gasteiger charge is 2.11. The number of nitrogens with two attached hydrogens (primary N) is 1. The van der Waals surface area contributed by atoms with Gasteiger partial charge in [0.15, 0.2) is 0 Å². The van der Waals surface area contributed by atoms with Gasteiger partial charge in [-0.3, -0.25) is 0 Å². The van der Waals surface area contributed by atoms with Crippen LogP contribution in [0.2, 0.25) is 0 Å². The van der Waals surface area contributed by atoms with Crippen LogP contribution in [0.3, 0.4) is 0 Å². The van der Waals surface area contributed by atoms with Crippen LogP contribution in [0, 0.1) is 0 Å². The van der Waals surface area contributed by atoms with E-state index in [-0.39, 0.29) is 0 Å². The Kier molecular flexibility index (Phi) is 4.23. The molecule has 0 aromatic heterocycles. The summed E-state index contributed by atoms with van der Waals surface area (Å²) in [6, 6.07) is 17.0. The summed E-state index contributed by atoms with van der Waals surface area (Å²) in [4.78, 5) is 2.23. The van der Waals surface area contributed by atoms with E-state index < -0.39 is 0 Å². The molecule has 2 N–H and O–H groups in total. The number of anilines is 2. The third-order valence-corrected chi connectivity index (χ3v) is 3.48. The van der Waals surface area contributed by atoms with E-state index >= 15 is 0 Å². The van der Waals surface area contributed by atoms with E-state index in [1.165, 1.54) is 16.9 Å². The SMILES string of the molecule is CC(C)c1ccccc1N(C)c1ccc(CN)cc1. The molecule has 2 aromatic rings. The van der Waals surface area contributed by atoms with E-state index in [2.05, 4.69) is 74.3 Å². The molecule has 2 aromatic carbocycles. The van der Waals surface area contributed by atoms with Crippen LogP contribution in [-0.4, -0.2) is 7.05 Å². The molecule has 0 radical (unpaired) electrons. The summed E-state index contributed by atoms with van der Waals surface area (Å²) in [5.74, 6) is 0.516. The first kappa shape index (κ1) is 13.6. The van der Waals surface area contributed by atoms with Gasteiger partial charge in [-0.25, -0.2) is 0 Å². The van der Waals surface area contributed by atoms with Crippen molar-refractivity contribution in [1.82, 2.24) is 0 Å². The average Bonchev–Trinajstić information content (AvgIpc) is 2.46. The first-order valence-corrected chi connectivity index (χ1v) is 6.75. The summed E-state index contributed by atoms with van der Waals surface area (Å²) in [6.07, 6.45) is 0. The molecule has 0 fully saturated rings. The van der Waals surface area contributed by atoms with Gasteiger partial charge in [-0.2, -0.15) is 0 Å². The monoisotopic (exact) mass is 254 g/mol. The molecule has 0 amide bonds. The van der Waals surface area contributed by atoms with Crippen molar-refractivity contribution in [3.63, 3.8) is 0 Å². The van der Waals surface area contributed by atoms with Crippen molar-refractivity contribution < 1.29 is 0 Å². The fourth-order valence-electron chi connectivity index (χ4n) is 2.28. The third kappa shape index (κ3) is 2.96. The molecule has 100 valence electrons. The van der Waals surface area contributed by atoms with Crippen molar-refractivity contribution in [3.8, 4) is 0 Å². The molecular formula is C17H22N2. The maximum absolute atomic E-state index is 5.64. The predicted octanol–water partition coefficient (Wildman–Crippen LogP) is 4.04. The normalized spacial score (nSPS) is 10.8. The molecule has 0 saturated heterocycles. The lowest BCUT2D eigenvalue weighted by Crippen LogP contribution is -2.12. The molecule has 2 rings (SSSR count). The molecule has 0 unspecified atom stereocenters. The van der Waals surface area contributed by atoms with Crippen molar-refractivity contribution in [3.05, 3.63) is 59.7 Å². The fraction of sp³-hybridized carbons (Fsp3) is 0.294. The molecule has 0 aliphatic carbocycles. The molecule has 19 heavy (non-hydrogen) atoms. The summed E-state index contributed by atoms with van der Waals surface area (Å²) in [5, 5.41) is 0. The van der Waals surface area contributed by atoms with Gasteiger partial charge >= 0.3 is 0 Å². The Bertz CT molecular complexity index is 529. The van der Waals surface area contributed by atoms with Crippen LogP contribution in [-0.2, 0) is 6.54 Å². The summed E-state index contributed by atoms with van der Waals surface area (Å²) in [5.41, 5.74) is 10.6. The Morgan fingerprint density at radius 3 is 2.21 bits per heavy atom. The second kappa shape index (κ2) is 5.89. The van der Waals surface area contributed by atoms with Gasteiger partial charge in [0.05, 0.1) is 0 Å². The second-order valence-corrected chi connectivity index (χ2v) is 5.14. The van der Waals surface area contributed by atoms with E-state index in [0.717, 1.165) is 5.56 Å². The number of hydrogen-bond acceptors (Lipinski definition) is 2. The van der Waals surface area contributed by atoms with E-state index in [1.807, 2.05) is 0 Å². The third-order valence-electron chi connectivity index (χ3n) is 3.48. The number of benzene rings is 2. The molecule has 0 atom stereocenters. The molecular weight excluding hydrogens is 232 g/mol. The average molecular weight is 254 g/mol. The summed E-state index contributed by atoms with van der Waals surface area (Å²) in [7, 11) is 2.11. The van der Waals surface area contributed by atoms with Crippen LogP contribution in [0.4, 0.5) is 11.4 Å². The minimum Gasteiger partial charge on any atom is -0.344 e. The summed E-state index contributed by atoms with van der Waals surface area (Å²) in [6.45, 7) is 5.04. The van der Waals surface area contributed by atoms with Crippen molar-refractivity contribution in [2.24, 2.45) is 5.73 Å². The Hall–Kier alpha value is -1.80. The van der Waals surface area contributed by atoms with Crippen molar-refractivity contribution >= 4 is 11.4 Å². The Morgan fingerprint density at radius 1 is 1.00 bits per heavy atom. The van der Waals surface area contributed by atoms with Crippen molar-refractivity contribution in [2.75, 3.05) is 11.9 Å². The first-order chi connectivity index (χ1) is 9.13. The summed E-state index contributed by atoms with van der Waals surface area (Å²) >= 11 is 0. The van der Waals surface area contributed by atoms with Gasteiger partial charge in [-0.15, -0.1) is 0 Å². The van der Waals surface area contributed by atoms with Crippen LogP contribution < -0.4 is 10.6 Å². The smallest absolute Gasteiger partial charge is 0.0443 e. The highest BCUT2D eigenvalue weighted by atomic mass is 15.1. The lowest BCUT2D eigenvalue weighted by molar-refractivity contribution is 0.862. The molecule has 0 aliphatic heterocycles. The van der Waals surface area contributed by atoms with Gasteiger partial charge in [0.2, 0.25) is 0 Å². The first-order valence-electron chi connectivity index (χ1n) is 6.75. The van der Waals surface area contributed by atoms with E-state index in [4.69, 9.17) is 5.73 Å². The zero-order chi connectivity index (χ0) is 13.8. The lowest BCUT2D eigenvalue weighted by atomic mass is 10.0. The predicted molar refractivity (Wildman–Crippen MR) is 82.9 cm³/mol. The van der Waals surface area contributed by atoms with Gasteiger partial charge in [-0.05, 0) is 35.2 Å². The number of nitrogens with zero attached hydrogens (tertiary/aromatic N) is 1. The maximum atomic E-state index is 5.64. The van der Waals surface area contributed by atoms with Crippen molar-refractivity contribution in [2.45, 2.75) is 26.3 Å². The zero-order valence-corrected chi connectivity index (χ0v) is 11.9. The molecule has 0 aliphatic rings. The Balaban J connectivity index is 2.35. The molecule has 0 spiro atoms. The minimum absolute atomic E-state index is 0.516. The van der Waals surface area contributed by atoms with E-state index in [9.17, 15) is 0 Å². The molecule has 2 heteroatoms. The second-order valence-electron chi connectivity index (χ2n) is 5.14. The highest BCUT2D eigenvalue weighted by molar-refractivity contribution is 5.66. The standard InChI is InChI=1S/C17H22N2/c1-13(2)16-6-4-5-7-17(16)19(3)15-10-8-14(12-18)9-11-15/h4-11,13H,12,18H2,1-3H3. The maximum Gasteiger partial charge on any atom is 0.0443 e. The molecule has 0 saturated carbocycles. The number of para-hydroxylation sites is 1. The van der Waals surface area contributed by atoms with Gasteiger partial charge in [0.25, 0.3) is 0 Å². The van der Waals surface area contributed by atoms with Gasteiger partial charge in [-0.1, -0.05) is 44.2 Å². The quantitative estimate of drug-likeness (QED) is 0.892. The van der Waals surface area contributed by atoms with Gasteiger partial charge in [0.1, 0.15) is 0 Å². The largest absolute Gasteiger partial charge is 0.344 e. The van der Waals surface area contributed by atoms with Crippen LogP contribution in [0.25, 0.3) is 0 Å². The Labute approximate surface area is 115 Å². The van der Waals surface area contributed by atoms with Crippen LogP contribution in [0.1, 0.15) is 30.9 Å². The Morgan fingerprint density at radius 2 is 1.63 bits per heavy atom. The number of hydrogen-bond donors (Lipinski definition) is 1. The molecule has 0 heterocycles. The van der Waals surface area contributed by atoms with Crippen LogP contribution in [0.15, 0.2) is 48.5 Å². The minimum atomic E-state index is 0.516. The topological polar surface area (TPSA) is 29.3 Å². The van der Waals surface area contributed by atoms with Crippen molar-refractivity contribution in [1.29, 1.82) is 0 Å². The van der Waals surface area contributed by atoms with Gasteiger partial charge < -0.3 is 10.6 Å². The fourth-order valence-corrected chi connectivity index (χ4v) is 2.28. The summed E-state index contributed by atoms with van der Waals surface area (Å²) < 4.78 is 0. The lowest BCUT2D eigenvalue weighted by Gasteiger charge is -2.24. The molecule has 2 nitrogen and oxygen atoms in total. The highest BCUT2D eigenvalue weighted by Crippen LogP contribution is 2.31. The zero-order valence-electron chi connectivity index (χ0n) is 11.9.